The van der Waals surface area contributed by atoms with Gasteiger partial charge in [-0.2, -0.15) is 0 Å². The minimum atomic E-state index is 0. The summed E-state index contributed by atoms with van der Waals surface area (Å²) in [4.78, 5) is 8.09. The molecular formula is C15H20ClN3S. The van der Waals surface area contributed by atoms with Gasteiger partial charge >= 0.3 is 0 Å². The van der Waals surface area contributed by atoms with Gasteiger partial charge in [-0.3, -0.25) is 4.90 Å². The number of rotatable bonds is 3. The average molecular weight is 310 g/mol. The van der Waals surface area contributed by atoms with E-state index in [2.05, 4.69) is 47.1 Å². The summed E-state index contributed by atoms with van der Waals surface area (Å²) < 4.78 is 0. The lowest BCUT2D eigenvalue weighted by Gasteiger charge is -2.15. The van der Waals surface area contributed by atoms with Crippen LogP contribution in [-0.4, -0.2) is 29.0 Å². The van der Waals surface area contributed by atoms with Crippen LogP contribution < -0.4 is 5.73 Å². The normalized spacial score (nSPS) is 22.7. The van der Waals surface area contributed by atoms with Crippen LogP contribution in [0.4, 0.5) is 0 Å². The molecule has 2 heterocycles. The molecule has 2 N–H and O–H groups in total. The number of hydrogen-bond donors (Lipinski definition) is 1. The highest BCUT2D eigenvalue weighted by Gasteiger charge is 2.31. The van der Waals surface area contributed by atoms with Crippen LogP contribution in [0.2, 0.25) is 0 Å². The predicted octanol–water partition coefficient (Wildman–Crippen LogP) is 2.80. The molecule has 108 valence electrons. The summed E-state index contributed by atoms with van der Waals surface area (Å²) in [6.45, 7) is 5.04. The van der Waals surface area contributed by atoms with Gasteiger partial charge in [0.25, 0.3) is 0 Å². The molecular weight excluding hydrogens is 290 g/mol. The van der Waals surface area contributed by atoms with Crippen molar-refractivity contribution in [1.29, 1.82) is 0 Å². The Morgan fingerprint density at radius 2 is 2.05 bits per heavy atom. The van der Waals surface area contributed by atoms with E-state index in [4.69, 9.17) is 5.73 Å². The van der Waals surface area contributed by atoms with Crippen LogP contribution in [0.3, 0.4) is 0 Å². The predicted molar refractivity (Wildman–Crippen MR) is 86.5 cm³/mol. The second kappa shape index (κ2) is 6.68. The SMILES string of the molecule is Cc1ncc(CN2C[C@@H](N)[C@H](c3ccccc3)C2)s1.Cl. The van der Waals surface area contributed by atoms with Crippen molar-refractivity contribution in [2.24, 2.45) is 5.73 Å². The van der Waals surface area contributed by atoms with Crippen LogP contribution in [0.25, 0.3) is 0 Å². The number of thiazole rings is 1. The van der Waals surface area contributed by atoms with Gasteiger partial charge in [-0.25, -0.2) is 4.98 Å². The van der Waals surface area contributed by atoms with Crippen molar-refractivity contribution in [3.05, 3.63) is 52.0 Å². The van der Waals surface area contributed by atoms with E-state index >= 15 is 0 Å². The molecule has 1 aliphatic rings. The Hall–Kier alpha value is -0.940. The molecule has 0 unspecified atom stereocenters. The van der Waals surface area contributed by atoms with E-state index in [-0.39, 0.29) is 18.4 Å². The zero-order valence-electron chi connectivity index (χ0n) is 11.5. The van der Waals surface area contributed by atoms with Crippen molar-refractivity contribution in [2.75, 3.05) is 13.1 Å². The number of halogens is 1. The first-order valence-electron chi connectivity index (χ1n) is 6.66. The zero-order chi connectivity index (χ0) is 13.2. The summed E-state index contributed by atoms with van der Waals surface area (Å²) in [5.41, 5.74) is 7.67. The Balaban J connectivity index is 0.00000147. The molecule has 0 bridgehead atoms. The third kappa shape index (κ3) is 3.38. The molecule has 0 saturated carbocycles. The maximum Gasteiger partial charge on any atom is 0.0897 e. The first kappa shape index (κ1) is 15.4. The van der Waals surface area contributed by atoms with E-state index in [0.717, 1.165) is 24.6 Å². The van der Waals surface area contributed by atoms with Crippen LogP contribution in [0.15, 0.2) is 36.5 Å². The van der Waals surface area contributed by atoms with Crippen molar-refractivity contribution in [1.82, 2.24) is 9.88 Å². The molecule has 1 aliphatic heterocycles. The molecule has 0 aliphatic carbocycles. The van der Waals surface area contributed by atoms with Gasteiger partial charge in [-0.15, -0.1) is 23.7 Å². The molecule has 0 radical (unpaired) electrons. The van der Waals surface area contributed by atoms with Gasteiger partial charge in [-0.1, -0.05) is 30.3 Å². The Morgan fingerprint density at radius 3 is 2.70 bits per heavy atom. The van der Waals surface area contributed by atoms with E-state index in [1.54, 1.807) is 11.3 Å². The second-order valence-electron chi connectivity index (χ2n) is 5.22. The molecule has 1 aromatic carbocycles. The third-order valence-electron chi connectivity index (χ3n) is 3.72. The highest BCUT2D eigenvalue weighted by Crippen LogP contribution is 2.28. The molecule has 1 fully saturated rings. The third-order valence-corrected chi connectivity index (χ3v) is 4.61. The number of aromatic nitrogens is 1. The van der Waals surface area contributed by atoms with Gasteiger partial charge in [0.2, 0.25) is 0 Å². The topological polar surface area (TPSA) is 42.2 Å². The van der Waals surface area contributed by atoms with Gasteiger partial charge in [0, 0.05) is 42.7 Å². The van der Waals surface area contributed by atoms with Gasteiger partial charge in [0.1, 0.15) is 0 Å². The lowest BCUT2D eigenvalue weighted by Crippen LogP contribution is -2.28. The second-order valence-corrected chi connectivity index (χ2v) is 6.54. The first-order chi connectivity index (χ1) is 9.22. The number of benzene rings is 1. The smallest absolute Gasteiger partial charge is 0.0897 e. The molecule has 1 aromatic heterocycles. The Morgan fingerprint density at radius 1 is 1.30 bits per heavy atom. The van der Waals surface area contributed by atoms with E-state index in [1.807, 2.05) is 6.20 Å². The number of likely N-dealkylation sites (tertiary alicyclic amines) is 1. The van der Waals surface area contributed by atoms with Crippen molar-refractivity contribution >= 4 is 23.7 Å². The molecule has 2 aromatic rings. The fourth-order valence-electron chi connectivity index (χ4n) is 2.79. The monoisotopic (exact) mass is 309 g/mol. The first-order valence-corrected chi connectivity index (χ1v) is 7.48. The molecule has 0 spiro atoms. The number of nitrogens with two attached hydrogens (primary N) is 1. The lowest BCUT2D eigenvalue weighted by molar-refractivity contribution is 0.326. The van der Waals surface area contributed by atoms with Crippen LogP contribution in [-0.2, 0) is 6.54 Å². The Kier molecular flexibility index (Phi) is 5.16. The maximum atomic E-state index is 6.31. The minimum Gasteiger partial charge on any atom is -0.326 e. The van der Waals surface area contributed by atoms with Gasteiger partial charge in [0.05, 0.1) is 5.01 Å². The van der Waals surface area contributed by atoms with Gasteiger partial charge in [-0.05, 0) is 12.5 Å². The highest BCUT2D eigenvalue weighted by molar-refractivity contribution is 7.11. The van der Waals surface area contributed by atoms with Crippen LogP contribution in [0.5, 0.6) is 0 Å². The molecule has 2 atom stereocenters. The van der Waals surface area contributed by atoms with Crippen molar-refractivity contribution in [3.63, 3.8) is 0 Å². The standard InChI is InChI=1S/C15H19N3S.ClH/c1-11-17-7-13(19-11)8-18-9-14(15(16)10-18)12-5-3-2-4-6-12;/h2-7,14-15H,8-10,16H2,1H3;1H/t14-,15+;/m0./s1. The minimum absolute atomic E-state index is 0. The highest BCUT2D eigenvalue weighted by atomic mass is 35.5. The molecule has 0 amide bonds. The van der Waals surface area contributed by atoms with Gasteiger partial charge in [0.15, 0.2) is 0 Å². The fourth-order valence-corrected chi connectivity index (χ4v) is 3.63. The molecule has 3 rings (SSSR count). The summed E-state index contributed by atoms with van der Waals surface area (Å²) in [5, 5.41) is 1.14. The van der Waals surface area contributed by atoms with E-state index in [1.165, 1.54) is 10.4 Å². The molecule has 3 nitrogen and oxygen atoms in total. The van der Waals surface area contributed by atoms with E-state index in [0.29, 0.717) is 5.92 Å². The van der Waals surface area contributed by atoms with E-state index < -0.39 is 0 Å². The van der Waals surface area contributed by atoms with Crippen LogP contribution in [0, 0.1) is 6.92 Å². The summed E-state index contributed by atoms with van der Waals surface area (Å²) in [7, 11) is 0. The Labute approximate surface area is 130 Å². The van der Waals surface area contributed by atoms with Crippen LogP contribution >= 0.6 is 23.7 Å². The number of nitrogens with zero attached hydrogens (tertiary/aromatic N) is 2. The molecule has 20 heavy (non-hydrogen) atoms. The lowest BCUT2D eigenvalue weighted by atomic mass is 9.95. The quantitative estimate of drug-likeness (QED) is 0.948. The van der Waals surface area contributed by atoms with Crippen molar-refractivity contribution in [2.45, 2.75) is 25.4 Å². The van der Waals surface area contributed by atoms with Crippen LogP contribution in [0.1, 0.15) is 21.4 Å². The Bertz CT molecular complexity index is 543. The summed E-state index contributed by atoms with van der Waals surface area (Å²) >= 11 is 1.78. The maximum absolute atomic E-state index is 6.31. The van der Waals surface area contributed by atoms with Crippen molar-refractivity contribution < 1.29 is 0 Å². The molecule has 1 saturated heterocycles. The largest absolute Gasteiger partial charge is 0.326 e. The summed E-state index contributed by atoms with van der Waals surface area (Å²) in [6, 6.07) is 10.8. The number of hydrogen-bond acceptors (Lipinski definition) is 4. The number of aryl methyl sites for hydroxylation is 1. The average Bonchev–Trinajstić information content (AvgIpc) is 2.97. The molecule has 5 heteroatoms. The zero-order valence-corrected chi connectivity index (χ0v) is 13.2. The van der Waals surface area contributed by atoms with Gasteiger partial charge < -0.3 is 5.73 Å². The fraction of sp³-hybridized carbons (Fsp3) is 0.400. The van der Waals surface area contributed by atoms with E-state index in [9.17, 15) is 0 Å². The summed E-state index contributed by atoms with van der Waals surface area (Å²) in [6.07, 6.45) is 1.99. The summed E-state index contributed by atoms with van der Waals surface area (Å²) in [5.74, 6) is 0.454. The van der Waals surface area contributed by atoms with Crippen molar-refractivity contribution in [3.8, 4) is 0 Å².